The predicted octanol–water partition coefficient (Wildman–Crippen LogP) is 3.63. The fourth-order valence-electron chi connectivity index (χ4n) is 3.23. The van der Waals surface area contributed by atoms with E-state index in [0.29, 0.717) is 11.3 Å². The van der Waals surface area contributed by atoms with Crippen molar-refractivity contribution in [3.05, 3.63) is 47.5 Å². The van der Waals surface area contributed by atoms with Gasteiger partial charge in [0.25, 0.3) is 0 Å². The predicted molar refractivity (Wildman–Crippen MR) is 87.9 cm³/mol. The van der Waals surface area contributed by atoms with Gasteiger partial charge in [-0.25, -0.2) is 0 Å². The van der Waals surface area contributed by atoms with Gasteiger partial charge in [0, 0.05) is 28.6 Å². The van der Waals surface area contributed by atoms with Gasteiger partial charge in [0.2, 0.25) is 0 Å². The summed E-state index contributed by atoms with van der Waals surface area (Å²) in [7, 11) is 0. The molecule has 0 unspecified atom stereocenters. The monoisotopic (exact) mass is 291 g/mol. The smallest absolute Gasteiger partial charge is 0.194 e. The molecule has 4 heteroatoms. The number of aryl methyl sites for hydroxylation is 1. The van der Waals surface area contributed by atoms with Gasteiger partial charge in [0.05, 0.1) is 11.2 Å². The topological polar surface area (TPSA) is 60.9 Å². The number of hydrogen-bond donors (Lipinski definition) is 1. The average molecular weight is 291 g/mol. The second kappa shape index (κ2) is 4.70. The van der Waals surface area contributed by atoms with Crippen molar-refractivity contribution in [2.45, 2.75) is 26.3 Å². The van der Waals surface area contributed by atoms with Crippen LogP contribution in [0, 0.1) is 0 Å². The molecule has 0 atom stereocenters. The van der Waals surface area contributed by atoms with Gasteiger partial charge in [-0.3, -0.25) is 9.48 Å². The number of anilines is 1. The van der Waals surface area contributed by atoms with E-state index in [-0.39, 0.29) is 5.78 Å². The van der Waals surface area contributed by atoms with Gasteiger partial charge < -0.3 is 5.73 Å². The summed E-state index contributed by atoms with van der Waals surface area (Å²) in [5.41, 5.74) is 11.0. The SMILES string of the molecule is CCCCn1nc2c3c(ccc(N)c31)C(=O)c1ccccc1-2. The Labute approximate surface area is 128 Å². The standard InChI is InChI=1S/C18H17N3O/c1-2-3-10-21-17-14(19)9-8-13-15(17)16(20-21)11-6-4-5-7-12(11)18(13)22/h4-9H,2-3,10,19H2,1H3. The van der Waals surface area contributed by atoms with Crippen LogP contribution in [-0.4, -0.2) is 15.6 Å². The third-order valence-corrected chi connectivity index (χ3v) is 4.32. The van der Waals surface area contributed by atoms with Crippen LogP contribution in [0.4, 0.5) is 5.69 Å². The van der Waals surface area contributed by atoms with Crippen LogP contribution >= 0.6 is 0 Å². The maximum atomic E-state index is 12.8. The molecule has 22 heavy (non-hydrogen) atoms. The summed E-state index contributed by atoms with van der Waals surface area (Å²) < 4.78 is 1.96. The zero-order valence-corrected chi connectivity index (χ0v) is 12.5. The highest BCUT2D eigenvalue weighted by Gasteiger charge is 2.29. The molecule has 2 aromatic carbocycles. The number of carbonyl (C=O) groups excluding carboxylic acids is 1. The number of carbonyl (C=O) groups is 1. The first-order valence-electron chi connectivity index (χ1n) is 7.65. The van der Waals surface area contributed by atoms with Crippen molar-refractivity contribution in [3.63, 3.8) is 0 Å². The van der Waals surface area contributed by atoms with Gasteiger partial charge >= 0.3 is 0 Å². The minimum absolute atomic E-state index is 0.0585. The molecule has 0 saturated carbocycles. The van der Waals surface area contributed by atoms with Gasteiger partial charge in [0.1, 0.15) is 5.69 Å². The lowest BCUT2D eigenvalue weighted by atomic mass is 9.87. The van der Waals surface area contributed by atoms with Gasteiger partial charge in [-0.05, 0) is 18.6 Å². The van der Waals surface area contributed by atoms with E-state index in [1.165, 1.54) is 0 Å². The number of nitrogen functional groups attached to an aromatic ring is 1. The zero-order valence-electron chi connectivity index (χ0n) is 12.5. The number of aromatic nitrogens is 2. The molecule has 0 aliphatic heterocycles. The average Bonchev–Trinajstić information content (AvgIpc) is 2.93. The highest BCUT2D eigenvalue weighted by atomic mass is 16.1. The Morgan fingerprint density at radius 1 is 1.09 bits per heavy atom. The summed E-state index contributed by atoms with van der Waals surface area (Å²) in [5.74, 6) is 0.0585. The van der Waals surface area contributed by atoms with Crippen LogP contribution in [0.15, 0.2) is 36.4 Å². The Balaban J connectivity index is 2.09. The van der Waals surface area contributed by atoms with Gasteiger partial charge in [-0.2, -0.15) is 5.10 Å². The number of nitrogens with two attached hydrogens (primary N) is 1. The maximum Gasteiger partial charge on any atom is 0.194 e. The Bertz CT molecular complexity index is 908. The second-order valence-corrected chi connectivity index (χ2v) is 5.73. The van der Waals surface area contributed by atoms with E-state index in [9.17, 15) is 4.79 Å². The van der Waals surface area contributed by atoms with Crippen LogP contribution in [0.3, 0.4) is 0 Å². The minimum atomic E-state index is 0.0585. The molecule has 0 amide bonds. The Morgan fingerprint density at radius 2 is 1.86 bits per heavy atom. The van der Waals surface area contributed by atoms with Crippen molar-refractivity contribution in [1.29, 1.82) is 0 Å². The van der Waals surface area contributed by atoms with Crippen LogP contribution < -0.4 is 5.73 Å². The van der Waals surface area contributed by atoms with E-state index in [1.807, 2.05) is 41.1 Å². The number of rotatable bonds is 3. The molecule has 0 radical (unpaired) electrons. The fourth-order valence-corrected chi connectivity index (χ4v) is 3.23. The van der Waals surface area contributed by atoms with E-state index in [2.05, 4.69) is 6.92 Å². The third-order valence-electron chi connectivity index (χ3n) is 4.32. The highest BCUT2D eigenvalue weighted by Crippen LogP contribution is 2.40. The van der Waals surface area contributed by atoms with Crippen molar-refractivity contribution in [3.8, 4) is 11.3 Å². The van der Waals surface area contributed by atoms with E-state index in [0.717, 1.165) is 47.1 Å². The molecule has 0 bridgehead atoms. The zero-order chi connectivity index (χ0) is 15.3. The molecular weight excluding hydrogens is 274 g/mol. The molecule has 0 saturated heterocycles. The summed E-state index contributed by atoms with van der Waals surface area (Å²) in [4.78, 5) is 12.8. The van der Waals surface area contributed by atoms with Crippen LogP contribution in [0.5, 0.6) is 0 Å². The van der Waals surface area contributed by atoms with Crippen molar-refractivity contribution in [2.24, 2.45) is 0 Å². The van der Waals surface area contributed by atoms with Crippen molar-refractivity contribution in [2.75, 3.05) is 5.73 Å². The van der Waals surface area contributed by atoms with Crippen molar-refractivity contribution < 1.29 is 4.79 Å². The lowest BCUT2D eigenvalue weighted by Crippen LogP contribution is -2.09. The van der Waals surface area contributed by atoms with E-state index in [1.54, 1.807) is 0 Å². The number of unbranched alkanes of at least 4 members (excludes halogenated alkanes) is 1. The quantitative estimate of drug-likeness (QED) is 0.586. The Kier molecular flexibility index (Phi) is 2.79. The van der Waals surface area contributed by atoms with Crippen LogP contribution in [0.1, 0.15) is 35.7 Å². The Hall–Kier alpha value is -2.62. The first-order valence-corrected chi connectivity index (χ1v) is 7.65. The molecule has 3 aromatic rings. The van der Waals surface area contributed by atoms with Gasteiger partial charge in [-0.15, -0.1) is 0 Å². The Morgan fingerprint density at radius 3 is 2.64 bits per heavy atom. The van der Waals surface area contributed by atoms with Gasteiger partial charge in [0.15, 0.2) is 5.78 Å². The van der Waals surface area contributed by atoms with E-state index in [4.69, 9.17) is 10.8 Å². The molecule has 0 spiro atoms. The molecule has 0 fully saturated rings. The lowest BCUT2D eigenvalue weighted by molar-refractivity contribution is 0.104. The second-order valence-electron chi connectivity index (χ2n) is 5.73. The molecule has 1 heterocycles. The first-order chi connectivity index (χ1) is 10.7. The van der Waals surface area contributed by atoms with Crippen LogP contribution in [0.25, 0.3) is 22.2 Å². The summed E-state index contributed by atoms with van der Waals surface area (Å²) in [6.45, 7) is 2.97. The lowest BCUT2D eigenvalue weighted by Gasteiger charge is -2.14. The maximum absolute atomic E-state index is 12.8. The fraction of sp³-hybridized carbons (Fsp3) is 0.222. The number of nitrogens with zero attached hydrogens (tertiary/aromatic N) is 2. The van der Waals surface area contributed by atoms with Crippen LogP contribution in [-0.2, 0) is 6.54 Å². The molecule has 4 nitrogen and oxygen atoms in total. The van der Waals surface area contributed by atoms with E-state index < -0.39 is 0 Å². The largest absolute Gasteiger partial charge is 0.397 e. The molecular formula is C18H17N3O. The number of benzene rings is 2. The molecule has 1 aliphatic rings. The minimum Gasteiger partial charge on any atom is -0.397 e. The highest BCUT2D eigenvalue weighted by molar-refractivity contribution is 6.26. The summed E-state index contributed by atoms with van der Waals surface area (Å²) >= 11 is 0. The summed E-state index contributed by atoms with van der Waals surface area (Å²) in [6.07, 6.45) is 2.13. The molecule has 1 aliphatic carbocycles. The molecule has 1 aromatic heterocycles. The summed E-state index contributed by atoms with van der Waals surface area (Å²) in [6, 6.07) is 11.3. The van der Waals surface area contributed by atoms with Crippen molar-refractivity contribution in [1.82, 2.24) is 9.78 Å². The molecule has 2 N–H and O–H groups in total. The van der Waals surface area contributed by atoms with Gasteiger partial charge in [-0.1, -0.05) is 37.6 Å². The van der Waals surface area contributed by atoms with Crippen LogP contribution in [0.2, 0.25) is 0 Å². The third kappa shape index (κ3) is 1.64. The van der Waals surface area contributed by atoms with E-state index >= 15 is 0 Å². The molecule has 4 rings (SSSR count). The molecule has 110 valence electrons. The normalized spacial score (nSPS) is 12.7. The number of ketones is 1. The summed E-state index contributed by atoms with van der Waals surface area (Å²) in [5, 5.41) is 5.68. The number of hydrogen-bond acceptors (Lipinski definition) is 3. The number of fused-ring (bicyclic) bond motifs is 2. The van der Waals surface area contributed by atoms with Crippen molar-refractivity contribution >= 4 is 22.4 Å². The first kappa shape index (κ1) is 13.1.